The van der Waals surface area contributed by atoms with Crippen LogP contribution in [-0.2, 0) is 6.54 Å². The number of likely N-dealkylation sites (tertiary alicyclic amines) is 1. The topological polar surface area (TPSA) is 68.3 Å². The van der Waals surface area contributed by atoms with Crippen LogP contribution in [0.3, 0.4) is 0 Å². The fourth-order valence-corrected chi connectivity index (χ4v) is 2.64. The van der Waals surface area contributed by atoms with Crippen molar-refractivity contribution in [3.05, 3.63) is 18.0 Å². The van der Waals surface area contributed by atoms with Gasteiger partial charge in [0.2, 0.25) is 0 Å². The zero-order valence-corrected chi connectivity index (χ0v) is 12.5. The van der Waals surface area contributed by atoms with Gasteiger partial charge >= 0.3 is 0 Å². The van der Waals surface area contributed by atoms with Crippen molar-refractivity contribution in [2.24, 2.45) is 4.99 Å². The van der Waals surface area contributed by atoms with Crippen LogP contribution in [0.1, 0.15) is 32.4 Å². The van der Waals surface area contributed by atoms with E-state index in [-0.39, 0.29) is 0 Å². The molecule has 0 bridgehead atoms. The molecule has 6 heteroatoms. The summed E-state index contributed by atoms with van der Waals surface area (Å²) >= 11 is 0. The summed E-state index contributed by atoms with van der Waals surface area (Å²) in [4.78, 5) is 7.11. The van der Waals surface area contributed by atoms with Gasteiger partial charge in [0.05, 0.1) is 12.2 Å². The lowest BCUT2D eigenvalue weighted by Crippen LogP contribution is -2.44. The van der Waals surface area contributed by atoms with Gasteiger partial charge in [-0.1, -0.05) is 6.92 Å². The second-order valence-corrected chi connectivity index (χ2v) is 5.08. The van der Waals surface area contributed by atoms with E-state index in [1.54, 1.807) is 6.20 Å². The molecule has 112 valence electrons. The maximum absolute atomic E-state index is 4.57. The summed E-state index contributed by atoms with van der Waals surface area (Å²) in [6.07, 6.45) is 4.34. The number of nitrogens with zero attached hydrogens (tertiary/aromatic N) is 3. The maximum atomic E-state index is 4.57. The minimum Gasteiger partial charge on any atom is -0.357 e. The number of likely N-dealkylation sites (N-methyl/N-ethyl adjacent to an activating group) is 1. The monoisotopic (exact) mass is 278 g/mol. The number of H-pyrrole nitrogens is 1. The second-order valence-electron chi connectivity index (χ2n) is 5.08. The highest BCUT2D eigenvalue weighted by Crippen LogP contribution is 2.15. The van der Waals surface area contributed by atoms with E-state index in [2.05, 4.69) is 44.6 Å². The van der Waals surface area contributed by atoms with Gasteiger partial charge in [-0.2, -0.15) is 5.10 Å². The van der Waals surface area contributed by atoms with E-state index >= 15 is 0 Å². The summed E-state index contributed by atoms with van der Waals surface area (Å²) in [5.41, 5.74) is 1.03. The molecule has 1 aliphatic heterocycles. The van der Waals surface area contributed by atoms with Crippen molar-refractivity contribution in [3.63, 3.8) is 0 Å². The molecule has 0 saturated carbocycles. The molecular weight excluding hydrogens is 252 g/mol. The van der Waals surface area contributed by atoms with Crippen molar-refractivity contribution < 1.29 is 0 Å². The van der Waals surface area contributed by atoms with Crippen LogP contribution in [0.15, 0.2) is 17.3 Å². The van der Waals surface area contributed by atoms with E-state index < -0.39 is 0 Å². The van der Waals surface area contributed by atoms with Crippen LogP contribution in [0.5, 0.6) is 0 Å². The first-order valence-corrected chi connectivity index (χ1v) is 7.58. The number of nitrogens with one attached hydrogen (secondary N) is 3. The predicted octanol–water partition coefficient (Wildman–Crippen LogP) is 0.949. The number of guanidine groups is 1. The summed E-state index contributed by atoms with van der Waals surface area (Å²) in [7, 11) is 0. The first-order chi connectivity index (χ1) is 9.83. The fraction of sp³-hybridized carbons (Fsp3) is 0.714. The molecule has 1 fully saturated rings. The molecule has 0 aliphatic carbocycles. The highest BCUT2D eigenvalue weighted by atomic mass is 15.2. The smallest absolute Gasteiger partial charge is 0.191 e. The van der Waals surface area contributed by atoms with Gasteiger partial charge < -0.3 is 10.6 Å². The van der Waals surface area contributed by atoms with Crippen molar-refractivity contribution in [1.82, 2.24) is 25.7 Å². The Labute approximate surface area is 121 Å². The highest BCUT2D eigenvalue weighted by Gasteiger charge is 2.22. The molecule has 1 aromatic rings. The van der Waals surface area contributed by atoms with Gasteiger partial charge in [0, 0.05) is 25.3 Å². The van der Waals surface area contributed by atoms with Crippen LogP contribution >= 0.6 is 0 Å². The molecule has 1 unspecified atom stereocenters. The Morgan fingerprint density at radius 1 is 1.50 bits per heavy atom. The zero-order chi connectivity index (χ0) is 14.2. The Kier molecular flexibility index (Phi) is 5.86. The van der Waals surface area contributed by atoms with Gasteiger partial charge in [-0.05, 0) is 38.9 Å². The number of hydrogen-bond acceptors (Lipinski definition) is 3. The van der Waals surface area contributed by atoms with E-state index in [0.717, 1.165) is 31.3 Å². The lowest BCUT2D eigenvalue weighted by Gasteiger charge is -2.23. The lowest BCUT2D eigenvalue weighted by atomic mass is 10.2. The van der Waals surface area contributed by atoms with E-state index in [1.807, 2.05) is 6.07 Å². The van der Waals surface area contributed by atoms with Crippen LogP contribution < -0.4 is 10.6 Å². The molecule has 2 rings (SSSR count). The molecular formula is C14H26N6. The quantitative estimate of drug-likeness (QED) is 0.535. The van der Waals surface area contributed by atoms with Gasteiger partial charge in [0.15, 0.2) is 5.96 Å². The molecule has 20 heavy (non-hydrogen) atoms. The Hall–Kier alpha value is -1.56. The Balaban J connectivity index is 1.83. The number of rotatable bonds is 6. The van der Waals surface area contributed by atoms with Crippen molar-refractivity contribution in [3.8, 4) is 0 Å². The zero-order valence-electron chi connectivity index (χ0n) is 12.5. The molecule has 0 radical (unpaired) electrons. The summed E-state index contributed by atoms with van der Waals surface area (Å²) in [6, 6.07) is 2.58. The van der Waals surface area contributed by atoms with Gasteiger partial charge in [-0.15, -0.1) is 0 Å². The van der Waals surface area contributed by atoms with Gasteiger partial charge in [0.25, 0.3) is 0 Å². The average Bonchev–Trinajstić information content (AvgIpc) is 3.12. The molecule has 0 spiro atoms. The average molecular weight is 278 g/mol. The Bertz CT molecular complexity index is 400. The summed E-state index contributed by atoms with van der Waals surface area (Å²) in [6.45, 7) is 9.13. The van der Waals surface area contributed by atoms with Crippen LogP contribution in [0, 0.1) is 0 Å². The summed E-state index contributed by atoms with van der Waals surface area (Å²) < 4.78 is 0. The number of hydrogen-bond donors (Lipinski definition) is 3. The van der Waals surface area contributed by atoms with Crippen LogP contribution in [-0.4, -0.2) is 53.3 Å². The largest absolute Gasteiger partial charge is 0.357 e. The van der Waals surface area contributed by atoms with E-state index in [1.165, 1.54) is 19.4 Å². The molecule has 6 nitrogen and oxygen atoms in total. The van der Waals surface area contributed by atoms with Crippen molar-refractivity contribution in [2.75, 3.05) is 26.2 Å². The minimum absolute atomic E-state index is 0.623. The predicted molar refractivity (Wildman–Crippen MR) is 81.7 cm³/mol. The highest BCUT2D eigenvalue weighted by molar-refractivity contribution is 5.79. The van der Waals surface area contributed by atoms with Gasteiger partial charge in [-0.25, -0.2) is 4.99 Å². The standard InChI is InChI=1S/C14H26N6/c1-3-15-14(16-10-12-7-8-18-19-12)17-11-13-6-5-9-20(13)4-2/h7-8,13H,3-6,9-11H2,1-2H3,(H,18,19)(H2,15,16,17). The first-order valence-electron chi connectivity index (χ1n) is 7.58. The number of aromatic amines is 1. The third-order valence-corrected chi connectivity index (χ3v) is 3.72. The first kappa shape index (κ1) is 14.8. The fourth-order valence-electron chi connectivity index (χ4n) is 2.64. The molecule has 3 N–H and O–H groups in total. The third kappa shape index (κ3) is 4.23. The number of aliphatic imine (C=N–C) groups is 1. The molecule has 1 saturated heterocycles. The van der Waals surface area contributed by atoms with E-state index in [0.29, 0.717) is 12.6 Å². The van der Waals surface area contributed by atoms with Crippen molar-refractivity contribution >= 4 is 5.96 Å². The molecule has 2 heterocycles. The molecule has 0 aromatic carbocycles. The number of aromatic nitrogens is 2. The van der Waals surface area contributed by atoms with Crippen molar-refractivity contribution in [2.45, 2.75) is 39.3 Å². The molecule has 1 atom stereocenters. The summed E-state index contributed by atoms with van der Waals surface area (Å²) in [5, 5.41) is 13.6. The lowest BCUT2D eigenvalue weighted by molar-refractivity contribution is 0.267. The maximum Gasteiger partial charge on any atom is 0.191 e. The van der Waals surface area contributed by atoms with Gasteiger partial charge in [0.1, 0.15) is 0 Å². The Morgan fingerprint density at radius 3 is 3.10 bits per heavy atom. The minimum atomic E-state index is 0.623. The van der Waals surface area contributed by atoms with E-state index in [4.69, 9.17) is 0 Å². The van der Waals surface area contributed by atoms with Crippen LogP contribution in [0.25, 0.3) is 0 Å². The van der Waals surface area contributed by atoms with Crippen LogP contribution in [0.4, 0.5) is 0 Å². The van der Waals surface area contributed by atoms with Gasteiger partial charge in [-0.3, -0.25) is 10.00 Å². The molecule has 1 aromatic heterocycles. The SMILES string of the molecule is CCNC(=NCc1ccn[nH]1)NCC1CCCN1CC. The Morgan fingerprint density at radius 2 is 2.40 bits per heavy atom. The van der Waals surface area contributed by atoms with E-state index in [9.17, 15) is 0 Å². The summed E-state index contributed by atoms with van der Waals surface area (Å²) in [5.74, 6) is 0.880. The van der Waals surface area contributed by atoms with Crippen molar-refractivity contribution in [1.29, 1.82) is 0 Å². The molecule has 1 aliphatic rings. The molecule has 0 amide bonds. The third-order valence-electron chi connectivity index (χ3n) is 3.72. The second kappa shape index (κ2) is 7.89. The van der Waals surface area contributed by atoms with Crippen LogP contribution in [0.2, 0.25) is 0 Å². The normalized spacial score (nSPS) is 20.3.